The number of nitrogens with zero attached hydrogens (tertiary/aromatic N) is 3. The minimum Gasteiger partial charge on any atom is -0.356 e. The Morgan fingerprint density at radius 2 is 1.67 bits per heavy atom. The Balaban J connectivity index is 0.000000307. The molecule has 0 atom stereocenters. The predicted octanol–water partition coefficient (Wildman–Crippen LogP) is -1.70. The van der Waals surface area contributed by atoms with E-state index in [-0.39, 0.29) is 0 Å². The van der Waals surface area contributed by atoms with E-state index in [1.807, 2.05) is 0 Å². The fraction of sp³-hybridized carbons (Fsp3) is 0. The van der Waals surface area contributed by atoms with Gasteiger partial charge in [0, 0.05) is 4.98 Å². The second-order valence-corrected chi connectivity index (χ2v) is 2.42. The Morgan fingerprint density at radius 1 is 1.17 bits per heavy atom. The molecule has 18 heavy (non-hydrogen) atoms. The van der Waals surface area contributed by atoms with Crippen molar-refractivity contribution in [1.82, 2.24) is 9.97 Å². The normalized spacial score (nSPS) is 8.44. The Kier molecular flexibility index (Phi) is 5.81. The Bertz CT molecular complexity index is 506. The van der Waals surface area contributed by atoms with Crippen LogP contribution in [0.15, 0.2) is 12.7 Å². The summed E-state index contributed by atoms with van der Waals surface area (Å²) >= 11 is 0. The summed E-state index contributed by atoms with van der Waals surface area (Å²) in [4.78, 5) is 29.1. The van der Waals surface area contributed by atoms with Crippen molar-refractivity contribution in [2.45, 2.75) is 0 Å². The van der Waals surface area contributed by atoms with Gasteiger partial charge in [0.25, 0.3) is 0 Å². The number of nitrogens with two attached hydrogens (primary N) is 1. The van der Waals surface area contributed by atoms with E-state index in [0.29, 0.717) is 5.82 Å². The molecule has 0 amide bonds. The first kappa shape index (κ1) is 14.7. The van der Waals surface area contributed by atoms with E-state index in [1.165, 1.54) is 0 Å². The minimum atomic E-state index is -1.75. The average Bonchev–Trinajstić information content (AvgIpc) is 2.65. The number of nitrogen functional groups attached to an aromatic ring is 1. The minimum absolute atomic E-state index is 0.495. The van der Waals surface area contributed by atoms with E-state index < -0.39 is 10.2 Å². The van der Waals surface area contributed by atoms with Gasteiger partial charge in [-0.2, -0.15) is 9.97 Å². The summed E-state index contributed by atoms with van der Waals surface area (Å²) in [5, 5.41) is 29.5. The number of aromatic amines is 3. The van der Waals surface area contributed by atoms with Crippen LogP contribution in [0.4, 0.5) is 5.82 Å². The second-order valence-electron chi connectivity index (χ2n) is 2.42. The third kappa shape index (κ3) is 6.27. The van der Waals surface area contributed by atoms with Crippen molar-refractivity contribution in [3.05, 3.63) is 43.3 Å². The van der Waals surface area contributed by atoms with Gasteiger partial charge >= 0.3 is 17.8 Å². The lowest BCUT2D eigenvalue weighted by molar-refractivity contribution is -0.469. The number of hydrogen-bond donors (Lipinski definition) is 2. The molecular weight excluding hydrogens is 254 g/mol. The van der Waals surface area contributed by atoms with Crippen LogP contribution < -0.4 is 15.7 Å². The summed E-state index contributed by atoms with van der Waals surface area (Å²) in [5.41, 5.74) is 7.18. The first-order chi connectivity index (χ1) is 8.34. The molecule has 13 heteroatoms. The molecule has 98 valence electrons. The fourth-order valence-electron chi connectivity index (χ4n) is 0.872. The monoisotopic (exact) mass is 261 g/mol. The molecular formula is C5H7N7O6. The zero-order valence-electron chi connectivity index (χ0n) is 8.52. The lowest BCUT2D eigenvalue weighted by Crippen LogP contribution is -2.13. The van der Waals surface area contributed by atoms with Gasteiger partial charge in [0.15, 0.2) is 6.33 Å². The van der Waals surface area contributed by atoms with E-state index in [0.717, 1.165) is 11.2 Å². The van der Waals surface area contributed by atoms with Crippen molar-refractivity contribution in [3.63, 3.8) is 0 Å². The van der Waals surface area contributed by atoms with Crippen LogP contribution in [0.3, 0.4) is 0 Å². The Hall–Kier alpha value is -3.25. The van der Waals surface area contributed by atoms with Gasteiger partial charge in [0.2, 0.25) is 5.52 Å². The quantitative estimate of drug-likeness (QED) is 0.410. The number of rotatable bonds is 0. The molecule has 0 aliphatic heterocycles. The molecule has 0 unspecified atom stereocenters. The van der Waals surface area contributed by atoms with Crippen LogP contribution in [0.5, 0.6) is 0 Å². The molecule has 0 saturated carbocycles. The maximum absolute atomic E-state index is 8.25. The lowest BCUT2D eigenvalue weighted by Gasteiger charge is -1.76. The van der Waals surface area contributed by atoms with Gasteiger partial charge in [-0.3, -0.25) is 0 Å². The molecule has 0 bridgehead atoms. The van der Waals surface area contributed by atoms with E-state index in [1.54, 1.807) is 12.7 Å². The highest BCUT2D eigenvalue weighted by Crippen LogP contribution is 2.03. The van der Waals surface area contributed by atoms with Crippen LogP contribution in [-0.4, -0.2) is 20.1 Å². The third-order valence-corrected chi connectivity index (χ3v) is 1.35. The van der Waals surface area contributed by atoms with Gasteiger partial charge in [-0.05, 0) is 0 Å². The topological polar surface area (TPSA) is 215 Å². The van der Waals surface area contributed by atoms with Gasteiger partial charge < -0.3 is 41.4 Å². The van der Waals surface area contributed by atoms with Gasteiger partial charge in [-0.1, -0.05) is 0 Å². The van der Waals surface area contributed by atoms with Crippen molar-refractivity contribution in [3.8, 4) is 0 Å². The zero-order chi connectivity index (χ0) is 14.1. The first-order valence-corrected chi connectivity index (χ1v) is 3.98. The molecule has 2 aromatic heterocycles. The maximum atomic E-state index is 8.25. The summed E-state index contributed by atoms with van der Waals surface area (Å²) in [6, 6.07) is 0. The molecule has 0 aromatic carbocycles. The number of aromatic nitrogens is 4. The van der Waals surface area contributed by atoms with Crippen molar-refractivity contribution in [2.24, 2.45) is 0 Å². The standard InChI is InChI=1S/C5H5N5.2NO3/c6-4-3-5(9-1-7-3)10-2-8-4;2*2-1(3)4/h1-2H,(H3,6,7,8,9,10);;/q;2*-1/p+2. The average molecular weight is 261 g/mol. The molecule has 2 rings (SSSR count). The van der Waals surface area contributed by atoms with Crippen LogP contribution in [0.1, 0.15) is 0 Å². The summed E-state index contributed by atoms with van der Waals surface area (Å²) < 4.78 is 0. The second kappa shape index (κ2) is 7.09. The van der Waals surface area contributed by atoms with Gasteiger partial charge in [0.1, 0.15) is 0 Å². The molecule has 0 radical (unpaired) electrons. The number of anilines is 1. The summed E-state index contributed by atoms with van der Waals surface area (Å²) in [6.07, 6.45) is 3.24. The molecule has 0 aliphatic rings. The van der Waals surface area contributed by atoms with Gasteiger partial charge in [-0.15, -0.1) is 0 Å². The fourth-order valence-corrected chi connectivity index (χ4v) is 0.872. The van der Waals surface area contributed by atoms with Crippen molar-refractivity contribution in [2.75, 3.05) is 5.73 Å². The van der Waals surface area contributed by atoms with E-state index in [9.17, 15) is 0 Å². The third-order valence-electron chi connectivity index (χ3n) is 1.35. The van der Waals surface area contributed by atoms with Crippen LogP contribution in [0, 0.1) is 30.6 Å². The van der Waals surface area contributed by atoms with Crippen LogP contribution in [0.25, 0.3) is 11.2 Å². The molecule has 13 nitrogen and oxygen atoms in total. The lowest BCUT2D eigenvalue weighted by atomic mass is 10.5. The van der Waals surface area contributed by atoms with Gasteiger partial charge in [-0.25, -0.2) is 0 Å². The molecule has 0 spiro atoms. The number of fused-ring (bicyclic) bond motifs is 1. The zero-order valence-corrected chi connectivity index (χ0v) is 8.52. The Morgan fingerprint density at radius 3 is 2.11 bits per heavy atom. The smallest absolute Gasteiger partial charge is 0.356 e. The molecule has 5 N–H and O–H groups in total. The number of hydrogen-bond acceptors (Lipinski definition) is 8. The number of nitrogens with one attached hydrogen (secondary N) is 3. The highest BCUT2D eigenvalue weighted by Gasteiger charge is 2.12. The van der Waals surface area contributed by atoms with Crippen molar-refractivity contribution in [1.29, 1.82) is 0 Å². The SMILES string of the molecule is Nc1nc[nH+]c2[nH+]c[nH]c12.O=[N+]([O-])[O-].O=[N+]([O-])[O-]. The molecule has 2 aromatic rings. The highest BCUT2D eigenvalue weighted by atomic mass is 16.9. The van der Waals surface area contributed by atoms with Gasteiger partial charge in [0.05, 0.1) is 10.2 Å². The maximum Gasteiger partial charge on any atom is 0.368 e. The van der Waals surface area contributed by atoms with Crippen LogP contribution >= 0.6 is 0 Å². The Labute approximate surface area is 97.1 Å². The predicted molar refractivity (Wildman–Crippen MR) is 54.3 cm³/mol. The van der Waals surface area contributed by atoms with Crippen molar-refractivity contribution < 1.29 is 20.1 Å². The highest BCUT2D eigenvalue weighted by molar-refractivity contribution is 5.75. The van der Waals surface area contributed by atoms with E-state index in [4.69, 9.17) is 36.4 Å². The molecule has 0 saturated heterocycles. The van der Waals surface area contributed by atoms with E-state index >= 15 is 0 Å². The van der Waals surface area contributed by atoms with E-state index in [2.05, 4.69) is 19.9 Å². The molecule has 0 aliphatic carbocycles. The van der Waals surface area contributed by atoms with Crippen LogP contribution in [0.2, 0.25) is 0 Å². The number of imidazole rings is 1. The van der Waals surface area contributed by atoms with Crippen molar-refractivity contribution >= 4 is 17.0 Å². The summed E-state index contributed by atoms with van der Waals surface area (Å²) in [7, 11) is 0. The number of H-pyrrole nitrogens is 3. The van der Waals surface area contributed by atoms with Crippen LogP contribution in [-0.2, 0) is 0 Å². The molecule has 2 heterocycles. The summed E-state index contributed by atoms with van der Waals surface area (Å²) in [5.74, 6) is 0.495. The largest absolute Gasteiger partial charge is 0.368 e. The molecule has 0 fully saturated rings. The summed E-state index contributed by atoms with van der Waals surface area (Å²) in [6.45, 7) is 0. The first-order valence-electron chi connectivity index (χ1n) is 3.98.